The quantitative estimate of drug-likeness (QED) is 0.816. The first-order valence-corrected chi connectivity index (χ1v) is 6.06. The Morgan fingerprint density at radius 1 is 1.25 bits per heavy atom. The third kappa shape index (κ3) is 2.58. The Balaban J connectivity index is 2.08. The molecule has 0 unspecified atom stereocenters. The molecule has 2 heterocycles. The highest BCUT2D eigenvalue weighted by Gasteiger charge is 2.02. The van der Waals surface area contributed by atoms with E-state index in [2.05, 4.69) is 16.9 Å². The van der Waals surface area contributed by atoms with Crippen molar-refractivity contribution in [3.8, 4) is 5.88 Å². The summed E-state index contributed by atoms with van der Waals surface area (Å²) in [5.41, 5.74) is 1.16. The maximum Gasteiger partial charge on any atom is 0.212 e. The van der Waals surface area contributed by atoms with Crippen molar-refractivity contribution in [2.45, 2.75) is 19.8 Å². The third-order valence-corrected chi connectivity index (χ3v) is 3.45. The molecule has 0 amide bonds. The van der Waals surface area contributed by atoms with Crippen molar-refractivity contribution in [2.75, 3.05) is 7.11 Å². The highest BCUT2D eigenvalue weighted by Crippen LogP contribution is 2.17. The number of thiazole rings is 1. The molecule has 0 atom stereocenters. The number of ether oxygens (including phenoxy) is 1. The lowest BCUT2D eigenvalue weighted by atomic mass is 10.2. The van der Waals surface area contributed by atoms with E-state index in [1.807, 2.05) is 24.5 Å². The van der Waals surface area contributed by atoms with Gasteiger partial charge in [0.15, 0.2) is 0 Å². The average molecular weight is 234 g/mol. The predicted molar refractivity (Wildman–Crippen MR) is 65.1 cm³/mol. The number of aromatic nitrogens is 2. The number of pyridine rings is 1. The Morgan fingerprint density at radius 2 is 2.12 bits per heavy atom. The van der Waals surface area contributed by atoms with Gasteiger partial charge < -0.3 is 4.74 Å². The predicted octanol–water partition coefficient (Wildman–Crippen LogP) is 2.70. The SMILES string of the molecule is CCc1cnc(Cc2ccc(OC)nc2)s1. The van der Waals surface area contributed by atoms with E-state index in [1.54, 1.807) is 18.4 Å². The third-order valence-electron chi connectivity index (χ3n) is 2.31. The van der Waals surface area contributed by atoms with Gasteiger partial charge in [0.25, 0.3) is 0 Å². The van der Waals surface area contributed by atoms with Gasteiger partial charge in [-0.1, -0.05) is 13.0 Å². The molecule has 0 aliphatic carbocycles. The molecule has 3 nitrogen and oxygen atoms in total. The van der Waals surface area contributed by atoms with E-state index >= 15 is 0 Å². The number of hydrogen-bond acceptors (Lipinski definition) is 4. The zero-order chi connectivity index (χ0) is 11.4. The van der Waals surface area contributed by atoms with Gasteiger partial charge >= 0.3 is 0 Å². The van der Waals surface area contributed by atoms with Crippen LogP contribution in [-0.4, -0.2) is 17.1 Å². The van der Waals surface area contributed by atoms with E-state index in [4.69, 9.17) is 4.74 Å². The Kier molecular flexibility index (Phi) is 3.51. The molecule has 0 saturated heterocycles. The summed E-state index contributed by atoms with van der Waals surface area (Å²) in [5, 5.41) is 1.14. The first-order valence-electron chi connectivity index (χ1n) is 5.24. The Hall–Kier alpha value is -1.42. The zero-order valence-corrected chi connectivity index (χ0v) is 10.3. The maximum absolute atomic E-state index is 5.02. The van der Waals surface area contributed by atoms with Crippen molar-refractivity contribution in [3.63, 3.8) is 0 Å². The number of aryl methyl sites for hydroxylation is 1. The molecular formula is C12H14N2OS. The van der Waals surface area contributed by atoms with E-state index in [1.165, 1.54) is 4.88 Å². The van der Waals surface area contributed by atoms with Gasteiger partial charge in [0, 0.05) is 29.8 Å². The van der Waals surface area contributed by atoms with Crippen molar-refractivity contribution in [3.05, 3.63) is 40.0 Å². The second kappa shape index (κ2) is 5.07. The number of hydrogen-bond donors (Lipinski definition) is 0. The molecule has 0 aliphatic rings. The fourth-order valence-corrected chi connectivity index (χ4v) is 2.30. The van der Waals surface area contributed by atoms with Crippen LogP contribution < -0.4 is 4.74 Å². The van der Waals surface area contributed by atoms with Gasteiger partial charge in [-0.2, -0.15) is 0 Å². The highest BCUT2D eigenvalue weighted by atomic mass is 32.1. The number of methoxy groups -OCH3 is 1. The van der Waals surface area contributed by atoms with Crippen molar-refractivity contribution < 1.29 is 4.74 Å². The smallest absolute Gasteiger partial charge is 0.212 e. The lowest BCUT2D eigenvalue weighted by molar-refractivity contribution is 0.397. The minimum atomic E-state index is 0.650. The topological polar surface area (TPSA) is 35.0 Å². The lowest BCUT2D eigenvalue weighted by Gasteiger charge is -2.00. The van der Waals surface area contributed by atoms with Gasteiger partial charge in [-0.15, -0.1) is 11.3 Å². The van der Waals surface area contributed by atoms with Crippen LogP contribution in [0.4, 0.5) is 0 Å². The summed E-state index contributed by atoms with van der Waals surface area (Å²) in [5.74, 6) is 0.650. The second-order valence-corrected chi connectivity index (χ2v) is 4.66. The summed E-state index contributed by atoms with van der Waals surface area (Å²) in [4.78, 5) is 9.89. The van der Waals surface area contributed by atoms with E-state index in [-0.39, 0.29) is 0 Å². The van der Waals surface area contributed by atoms with Crippen LogP contribution in [0.25, 0.3) is 0 Å². The van der Waals surface area contributed by atoms with Crippen LogP contribution in [-0.2, 0) is 12.8 Å². The van der Waals surface area contributed by atoms with Crippen LogP contribution in [0.2, 0.25) is 0 Å². The molecule has 0 radical (unpaired) electrons. The summed E-state index contributed by atoms with van der Waals surface area (Å²) in [6.07, 6.45) is 5.70. The van der Waals surface area contributed by atoms with E-state index in [9.17, 15) is 0 Å². The molecule has 0 bridgehead atoms. The Morgan fingerprint density at radius 3 is 2.69 bits per heavy atom. The number of rotatable bonds is 4. The van der Waals surface area contributed by atoms with Crippen LogP contribution >= 0.6 is 11.3 Å². The molecule has 4 heteroatoms. The fourth-order valence-electron chi connectivity index (χ4n) is 1.40. The molecule has 0 saturated carbocycles. The average Bonchev–Trinajstić information content (AvgIpc) is 2.78. The van der Waals surface area contributed by atoms with Crippen molar-refractivity contribution >= 4 is 11.3 Å². The second-order valence-electron chi connectivity index (χ2n) is 3.46. The summed E-state index contributed by atoms with van der Waals surface area (Å²) < 4.78 is 5.02. The molecule has 0 aromatic carbocycles. The highest BCUT2D eigenvalue weighted by molar-refractivity contribution is 7.11. The first kappa shape index (κ1) is 11.1. The normalized spacial score (nSPS) is 10.4. The van der Waals surface area contributed by atoms with E-state index < -0.39 is 0 Å². The summed E-state index contributed by atoms with van der Waals surface area (Å²) in [7, 11) is 1.62. The lowest BCUT2D eigenvalue weighted by Crippen LogP contribution is -1.91. The minimum absolute atomic E-state index is 0.650. The monoisotopic (exact) mass is 234 g/mol. The van der Waals surface area contributed by atoms with Gasteiger partial charge in [-0.3, -0.25) is 0 Å². The van der Waals surface area contributed by atoms with Crippen LogP contribution in [0.15, 0.2) is 24.5 Å². The van der Waals surface area contributed by atoms with E-state index in [0.717, 1.165) is 23.4 Å². The number of nitrogens with zero attached hydrogens (tertiary/aromatic N) is 2. The van der Waals surface area contributed by atoms with Gasteiger partial charge in [0.1, 0.15) is 0 Å². The van der Waals surface area contributed by atoms with Gasteiger partial charge in [0.05, 0.1) is 12.1 Å². The van der Waals surface area contributed by atoms with Crippen LogP contribution in [0.1, 0.15) is 22.4 Å². The summed E-state index contributed by atoms with van der Waals surface area (Å²) in [6, 6.07) is 3.91. The van der Waals surface area contributed by atoms with Crippen LogP contribution in [0, 0.1) is 0 Å². The largest absolute Gasteiger partial charge is 0.481 e. The molecule has 84 valence electrons. The van der Waals surface area contributed by atoms with Gasteiger partial charge in [-0.25, -0.2) is 9.97 Å². The first-order chi connectivity index (χ1) is 7.81. The summed E-state index contributed by atoms with van der Waals surface area (Å²) >= 11 is 1.77. The van der Waals surface area contributed by atoms with Crippen molar-refractivity contribution in [2.24, 2.45) is 0 Å². The van der Waals surface area contributed by atoms with Crippen LogP contribution in [0.5, 0.6) is 5.88 Å². The van der Waals surface area contributed by atoms with E-state index in [0.29, 0.717) is 5.88 Å². The molecule has 0 fully saturated rings. The molecule has 16 heavy (non-hydrogen) atoms. The van der Waals surface area contributed by atoms with Crippen molar-refractivity contribution in [1.29, 1.82) is 0 Å². The maximum atomic E-state index is 5.02. The standard InChI is InChI=1S/C12H14N2OS/c1-3-10-8-14-12(16-10)6-9-4-5-11(15-2)13-7-9/h4-5,7-8H,3,6H2,1-2H3. The molecule has 0 N–H and O–H groups in total. The summed E-state index contributed by atoms with van der Waals surface area (Å²) in [6.45, 7) is 2.15. The Labute approximate surface area is 99.1 Å². The molecule has 0 spiro atoms. The Bertz CT molecular complexity index is 450. The molecule has 2 aromatic rings. The minimum Gasteiger partial charge on any atom is -0.481 e. The molecular weight excluding hydrogens is 220 g/mol. The molecule has 2 rings (SSSR count). The molecule has 2 aromatic heterocycles. The fraction of sp³-hybridized carbons (Fsp3) is 0.333. The van der Waals surface area contributed by atoms with Gasteiger partial charge in [-0.05, 0) is 12.0 Å². The van der Waals surface area contributed by atoms with Crippen LogP contribution in [0.3, 0.4) is 0 Å². The van der Waals surface area contributed by atoms with Crippen molar-refractivity contribution in [1.82, 2.24) is 9.97 Å². The zero-order valence-electron chi connectivity index (χ0n) is 9.43. The van der Waals surface area contributed by atoms with Gasteiger partial charge in [0.2, 0.25) is 5.88 Å². The molecule has 0 aliphatic heterocycles.